The van der Waals surface area contributed by atoms with E-state index in [-0.39, 0.29) is 11.7 Å². The zero-order valence-electron chi connectivity index (χ0n) is 19.9. The summed E-state index contributed by atoms with van der Waals surface area (Å²) in [5, 5.41) is 7.08. The number of likely N-dealkylation sites (N-methyl/N-ethyl adjacent to an activating group) is 2. The maximum Gasteiger partial charge on any atom is 0.573 e. The number of nitrogens with one attached hydrogen (secondary N) is 2. The number of nitrogens with zero attached hydrogens (tertiary/aromatic N) is 2. The molecule has 0 aliphatic carbocycles. The number of ether oxygens (including phenoxy) is 1. The van der Waals surface area contributed by atoms with E-state index >= 15 is 0 Å². The Balaban J connectivity index is 1.67. The first kappa shape index (κ1) is 26.0. The van der Waals surface area contributed by atoms with Gasteiger partial charge in [0.1, 0.15) is 11.6 Å². The molecule has 0 aliphatic heterocycles. The molecule has 0 fully saturated rings. The summed E-state index contributed by atoms with van der Waals surface area (Å²) in [7, 11) is 0. The van der Waals surface area contributed by atoms with Gasteiger partial charge in [0.05, 0.1) is 5.52 Å². The summed E-state index contributed by atoms with van der Waals surface area (Å²) in [4.78, 5) is 19.4. The molecule has 9 heteroatoms. The summed E-state index contributed by atoms with van der Waals surface area (Å²) in [5.41, 5.74) is 3.09. The monoisotopic (exact) mass is 486 g/mol. The molecule has 0 spiro atoms. The maximum absolute atomic E-state index is 12.4. The lowest BCUT2D eigenvalue weighted by Crippen LogP contribution is -2.32. The lowest BCUT2D eigenvalue weighted by atomic mass is 10.1. The van der Waals surface area contributed by atoms with Crippen molar-refractivity contribution < 1.29 is 22.7 Å². The van der Waals surface area contributed by atoms with Crippen molar-refractivity contribution in [2.24, 2.45) is 0 Å². The number of hydrogen-bond donors (Lipinski definition) is 2. The second-order valence-electron chi connectivity index (χ2n) is 7.90. The summed E-state index contributed by atoms with van der Waals surface area (Å²) in [6, 6.07) is 12.9. The zero-order valence-corrected chi connectivity index (χ0v) is 19.9. The fourth-order valence-corrected chi connectivity index (χ4v) is 3.58. The summed E-state index contributed by atoms with van der Waals surface area (Å²) in [5.74, 6) is 0.242. The topological polar surface area (TPSA) is 66.5 Å². The van der Waals surface area contributed by atoms with Gasteiger partial charge in [-0.25, -0.2) is 4.98 Å². The Kier molecular flexibility index (Phi) is 8.70. The molecule has 0 atom stereocenters. The Morgan fingerprint density at radius 1 is 1.11 bits per heavy atom. The molecule has 3 aromatic rings. The Morgan fingerprint density at radius 3 is 2.51 bits per heavy atom. The average Bonchev–Trinajstić information content (AvgIpc) is 2.81. The highest BCUT2D eigenvalue weighted by Gasteiger charge is 2.30. The maximum atomic E-state index is 12.4. The van der Waals surface area contributed by atoms with Gasteiger partial charge in [-0.1, -0.05) is 19.1 Å². The molecule has 0 saturated carbocycles. The van der Waals surface area contributed by atoms with Crippen LogP contribution in [0.5, 0.6) is 5.75 Å². The van der Waals surface area contributed by atoms with Crippen LogP contribution in [0.15, 0.2) is 54.6 Å². The van der Waals surface area contributed by atoms with Crippen LogP contribution >= 0.6 is 0 Å². The lowest BCUT2D eigenvalue weighted by molar-refractivity contribution is -0.274. The van der Waals surface area contributed by atoms with E-state index in [1.54, 1.807) is 6.07 Å². The summed E-state index contributed by atoms with van der Waals surface area (Å²) >= 11 is 0. The van der Waals surface area contributed by atoms with Gasteiger partial charge in [-0.3, -0.25) is 4.79 Å². The van der Waals surface area contributed by atoms with Gasteiger partial charge in [0.15, 0.2) is 0 Å². The number of anilines is 2. The third-order valence-electron chi connectivity index (χ3n) is 5.32. The van der Waals surface area contributed by atoms with Crippen LogP contribution < -0.4 is 20.3 Å². The quantitative estimate of drug-likeness (QED) is 0.291. The van der Waals surface area contributed by atoms with Crippen molar-refractivity contribution >= 4 is 34.4 Å². The molecule has 0 unspecified atom stereocenters. The van der Waals surface area contributed by atoms with E-state index in [1.165, 1.54) is 36.4 Å². The number of hydrogen-bond acceptors (Lipinski definition) is 5. The van der Waals surface area contributed by atoms with Gasteiger partial charge < -0.3 is 20.3 Å². The van der Waals surface area contributed by atoms with Gasteiger partial charge in [0.25, 0.3) is 0 Å². The largest absolute Gasteiger partial charge is 0.573 e. The highest BCUT2D eigenvalue weighted by molar-refractivity contribution is 6.03. The molecule has 2 N–H and O–H groups in total. The Morgan fingerprint density at radius 2 is 1.86 bits per heavy atom. The number of pyridine rings is 1. The molecular formula is C26H29F3N4O2. The van der Waals surface area contributed by atoms with Crippen LogP contribution in [0.1, 0.15) is 25.0 Å². The number of rotatable bonds is 10. The number of benzene rings is 2. The number of alkyl halides is 3. The SMILES string of the molecule is CCNCCN(CC)c1cc(C)c2cc(NC(=O)/C=C/c3ccc(OC(F)(F)F)cc3)ccc2n1. The van der Waals surface area contributed by atoms with Crippen LogP contribution in [-0.2, 0) is 4.79 Å². The van der Waals surface area contributed by atoms with Crippen molar-refractivity contribution in [3.63, 3.8) is 0 Å². The van der Waals surface area contributed by atoms with E-state index in [2.05, 4.69) is 40.2 Å². The van der Waals surface area contributed by atoms with Crippen LogP contribution in [0, 0.1) is 6.92 Å². The molecule has 35 heavy (non-hydrogen) atoms. The summed E-state index contributed by atoms with van der Waals surface area (Å²) in [6.45, 7) is 9.72. The molecule has 0 aliphatic rings. The number of aromatic nitrogens is 1. The molecule has 6 nitrogen and oxygen atoms in total. The van der Waals surface area contributed by atoms with Gasteiger partial charge in [-0.05, 0) is 74.0 Å². The van der Waals surface area contributed by atoms with E-state index in [0.717, 1.165) is 48.5 Å². The number of aryl methyl sites for hydroxylation is 1. The molecule has 1 amide bonds. The number of fused-ring (bicyclic) bond motifs is 1. The molecule has 0 bridgehead atoms. The number of carbonyl (C=O) groups excluding carboxylic acids is 1. The van der Waals surface area contributed by atoms with E-state index in [4.69, 9.17) is 4.98 Å². The Labute approximate surface area is 202 Å². The standard InChI is InChI=1S/C26H29F3N4O2/c1-4-30-14-15-33(5-2)24-16-18(3)22-17-20(9-12-23(22)32-24)31-25(34)13-8-19-6-10-21(11-7-19)35-26(27,28)29/h6-13,16-17,30H,4-5,14-15H2,1-3H3,(H,31,34)/b13-8+. The molecule has 3 rings (SSSR count). The number of amides is 1. The molecule has 1 heterocycles. The van der Waals surface area contributed by atoms with E-state index in [0.29, 0.717) is 11.3 Å². The fourth-order valence-electron chi connectivity index (χ4n) is 3.58. The van der Waals surface area contributed by atoms with Crippen LogP contribution in [0.4, 0.5) is 24.7 Å². The summed E-state index contributed by atoms with van der Waals surface area (Å²) < 4.78 is 40.6. The minimum absolute atomic E-state index is 0.318. The van der Waals surface area contributed by atoms with Crippen molar-refractivity contribution in [2.75, 3.05) is 36.4 Å². The van der Waals surface area contributed by atoms with Crippen LogP contribution in [0.2, 0.25) is 0 Å². The Bertz CT molecular complexity index is 1180. The molecule has 1 aromatic heterocycles. The third-order valence-corrected chi connectivity index (χ3v) is 5.32. The molecule has 0 radical (unpaired) electrons. The average molecular weight is 487 g/mol. The normalized spacial score (nSPS) is 11.7. The first-order valence-corrected chi connectivity index (χ1v) is 11.4. The summed E-state index contributed by atoms with van der Waals surface area (Å²) in [6.07, 6.45) is -1.91. The number of halogens is 3. The minimum Gasteiger partial charge on any atom is -0.406 e. The van der Waals surface area contributed by atoms with Crippen LogP contribution in [-0.4, -0.2) is 43.4 Å². The van der Waals surface area contributed by atoms with E-state index in [1.807, 2.05) is 19.1 Å². The van der Waals surface area contributed by atoms with E-state index < -0.39 is 6.36 Å². The van der Waals surface area contributed by atoms with Crippen molar-refractivity contribution in [2.45, 2.75) is 27.1 Å². The van der Waals surface area contributed by atoms with Gasteiger partial charge >= 0.3 is 6.36 Å². The first-order valence-electron chi connectivity index (χ1n) is 11.4. The highest BCUT2D eigenvalue weighted by Crippen LogP contribution is 2.26. The van der Waals surface area contributed by atoms with Crippen molar-refractivity contribution in [1.29, 1.82) is 0 Å². The second-order valence-corrected chi connectivity index (χ2v) is 7.90. The second kappa shape index (κ2) is 11.7. The van der Waals surface area contributed by atoms with Gasteiger partial charge in [-0.2, -0.15) is 0 Å². The minimum atomic E-state index is -4.74. The van der Waals surface area contributed by atoms with Crippen LogP contribution in [0.25, 0.3) is 17.0 Å². The fraction of sp³-hybridized carbons (Fsp3) is 0.308. The lowest BCUT2D eigenvalue weighted by Gasteiger charge is -2.23. The predicted molar refractivity (Wildman–Crippen MR) is 134 cm³/mol. The molecule has 2 aromatic carbocycles. The van der Waals surface area contributed by atoms with Crippen molar-refractivity contribution in [1.82, 2.24) is 10.3 Å². The van der Waals surface area contributed by atoms with Crippen LogP contribution in [0.3, 0.4) is 0 Å². The Hall–Kier alpha value is -3.59. The molecule has 0 saturated heterocycles. The number of carbonyl (C=O) groups is 1. The van der Waals surface area contributed by atoms with Crippen molar-refractivity contribution in [3.05, 3.63) is 65.7 Å². The van der Waals surface area contributed by atoms with E-state index in [9.17, 15) is 18.0 Å². The first-order chi connectivity index (χ1) is 16.7. The smallest absolute Gasteiger partial charge is 0.406 e. The van der Waals surface area contributed by atoms with Gasteiger partial charge in [0, 0.05) is 36.8 Å². The molecular weight excluding hydrogens is 457 g/mol. The zero-order chi connectivity index (χ0) is 25.4. The van der Waals surface area contributed by atoms with Gasteiger partial charge in [0.2, 0.25) is 5.91 Å². The molecule has 186 valence electrons. The third kappa shape index (κ3) is 7.71. The highest BCUT2D eigenvalue weighted by atomic mass is 19.4. The van der Waals surface area contributed by atoms with Crippen molar-refractivity contribution in [3.8, 4) is 5.75 Å². The predicted octanol–water partition coefficient (Wildman–Crippen LogP) is 5.53. The van der Waals surface area contributed by atoms with Gasteiger partial charge in [-0.15, -0.1) is 13.2 Å².